The number of anilines is 1. The van der Waals surface area contributed by atoms with Gasteiger partial charge in [-0.1, -0.05) is 20.8 Å². The van der Waals surface area contributed by atoms with Gasteiger partial charge < -0.3 is 14.8 Å². The highest BCUT2D eigenvalue weighted by Crippen LogP contribution is 2.23. The Labute approximate surface area is 148 Å². The maximum atomic E-state index is 12.3. The molecule has 0 saturated carbocycles. The van der Waals surface area contributed by atoms with Crippen LogP contribution in [0.1, 0.15) is 44.9 Å². The number of nitrogens with one attached hydrogen (secondary N) is 2. The van der Waals surface area contributed by atoms with Gasteiger partial charge in [-0.05, 0) is 12.8 Å². The number of aromatic nitrogens is 4. The lowest BCUT2D eigenvalue weighted by Gasteiger charge is -2.33. The van der Waals surface area contributed by atoms with Crippen LogP contribution in [-0.4, -0.2) is 38.9 Å². The van der Waals surface area contributed by atoms with Crippen molar-refractivity contribution in [3.8, 4) is 0 Å². The summed E-state index contributed by atoms with van der Waals surface area (Å²) in [6, 6.07) is 0.336. The number of aryl methyl sites for hydroxylation is 1. The molecule has 3 rings (SSSR count). The highest BCUT2D eigenvalue weighted by atomic mass is 16.1. The molecular weight excluding hydrogens is 316 g/mol. The summed E-state index contributed by atoms with van der Waals surface area (Å²) in [5.41, 5.74) is 2.39. The maximum Gasteiger partial charge on any atom is 0.293 e. The average molecular weight is 344 g/mol. The normalized spacial score (nSPS) is 18.6. The number of piperidine rings is 1. The molecule has 136 valence electrons. The lowest BCUT2D eigenvalue weighted by Crippen LogP contribution is -2.47. The lowest BCUT2D eigenvalue weighted by molar-refractivity contribution is 0.416. The number of H-pyrrole nitrogens is 1. The summed E-state index contributed by atoms with van der Waals surface area (Å²) >= 11 is 0. The molecule has 1 atom stereocenters. The summed E-state index contributed by atoms with van der Waals surface area (Å²) in [4.78, 5) is 18.7. The molecule has 25 heavy (non-hydrogen) atoms. The molecule has 0 aromatic carbocycles. The van der Waals surface area contributed by atoms with Gasteiger partial charge in [0.1, 0.15) is 0 Å². The van der Waals surface area contributed by atoms with Crippen molar-refractivity contribution < 1.29 is 0 Å². The number of aromatic amines is 1. The van der Waals surface area contributed by atoms with Crippen LogP contribution in [-0.2, 0) is 19.0 Å². The molecule has 1 fully saturated rings. The third-order valence-corrected chi connectivity index (χ3v) is 4.77. The van der Waals surface area contributed by atoms with Gasteiger partial charge in [-0.2, -0.15) is 5.10 Å². The van der Waals surface area contributed by atoms with E-state index >= 15 is 0 Å². The van der Waals surface area contributed by atoms with E-state index in [4.69, 9.17) is 0 Å². The van der Waals surface area contributed by atoms with Crippen molar-refractivity contribution >= 4 is 5.82 Å². The molecule has 2 N–H and O–H groups in total. The molecule has 7 nitrogen and oxygen atoms in total. The van der Waals surface area contributed by atoms with Gasteiger partial charge in [0.25, 0.3) is 5.56 Å². The largest absolute Gasteiger partial charge is 0.350 e. The van der Waals surface area contributed by atoms with Crippen LogP contribution in [0.4, 0.5) is 5.82 Å². The van der Waals surface area contributed by atoms with Crippen LogP contribution in [0.15, 0.2) is 23.4 Å². The van der Waals surface area contributed by atoms with Crippen molar-refractivity contribution in [1.29, 1.82) is 0 Å². The van der Waals surface area contributed by atoms with Crippen LogP contribution in [0.2, 0.25) is 0 Å². The summed E-state index contributed by atoms with van der Waals surface area (Å²) in [7, 11) is 1.76. The predicted molar refractivity (Wildman–Crippen MR) is 98.8 cm³/mol. The highest BCUT2D eigenvalue weighted by molar-refractivity contribution is 5.36. The van der Waals surface area contributed by atoms with Gasteiger partial charge in [-0.25, -0.2) is 4.98 Å². The fourth-order valence-corrected chi connectivity index (χ4v) is 3.39. The monoisotopic (exact) mass is 344 g/mol. The zero-order valence-electron chi connectivity index (χ0n) is 15.5. The van der Waals surface area contributed by atoms with Gasteiger partial charge in [-0.3, -0.25) is 9.89 Å². The van der Waals surface area contributed by atoms with Gasteiger partial charge >= 0.3 is 0 Å². The van der Waals surface area contributed by atoms with Crippen LogP contribution in [0.25, 0.3) is 0 Å². The first-order chi connectivity index (χ1) is 11.9. The number of hydrogen-bond donors (Lipinski definition) is 2. The van der Waals surface area contributed by atoms with Gasteiger partial charge in [0.15, 0.2) is 5.82 Å². The van der Waals surface area contributed by atoms with Gasteiger partial charge in [-0.15, -0.1) is 0 Å². The molecule has 0 aliphatic carbocycles. The first kappa shape index (κ1) is 17.7. The predicted octanol–water partition coefficient (Wildman–Crippen LogP) is 1.56. The van der Waals surface area contributed by atoms with E-state index in [-0.39, 0.29) is 11.0 Å². The molecule has 7 heteroatoms. The Bertz CT molecular complexity index is 772. The first-order valence-corrected chi connectivity index (χ1v) is 8.89. The molecule has 1 aliphatic heterocycles. The lowest BCUT2D eigenvalue weighted by atomic mass is 9.89. The molecule has 0 bridgehead atoms. The summed E-state index contributed by atoms with van der Waals surface area (Å²) in [6.45, 7) is 9.01. The van der Waals surface area contributed by atoms with E-state index in [2.05, 4.69) is 46.2 Å². The van der Waals surface area contributed by atoms with Crippen molar-refractivity contribution in [2.75, 3.05) is 18.0 Å². The van der Waals surface area contributed by atoms with E-state index in [1.54, 1.807) is 24.0 Å². The van der Waals surface area contributed by atoms with Crippen LogP contribution < -0.4 is 15.8 Å². The molecule has 1 saturated heterocycles. The zero-order valence-corrected chi connectivity index (χ0v) is 15.5. The minimum Gasteiger partial charge on any atom is -0.350 e. The quantitative estimate of drug-likeness (QED) is 0.880. The van der Waals surface area contributed by atoms with Crippen LogP contribution >= 0.6 is 0 Å². The molecule has 3 heterocycles. The molecular formula is C18H28N6O. The van der Waals surface area contributed by atoms with Crippen LogP contribution in [0.5, 0.6) is 0 Å². The van der Waals surface area contributed by atoms with Crippen molar-refractivity contribution in [3.63, 3.8) is 0 Å². The van der Waals surface area contributed by atoms with Crippen molar-refractivity contribution in [2.45, 2.75) is 51.6 Å². The first-order valence-electron chi connectivity index (χ1n) is 8.89. The molecule has 0 spiro atoms. The van der Waals surface area contributed by atoms with Gasteiger partial charge in [0, 0.05) is 61.8 Å². The number of nitrogens with zero attached hydrogens (tertiary/aromatic N) is 4. The van der Waals surface area contributed by atoms with E-state index in [1.807, 2.05) is 6.20 Å². The van der Waals surface area contributed by atoms with Crippen molar-refractivity contribution in [3.05, 3.63) is 40.2 Å². The Kier molecular flexibility index (Phi) is 4.94. The molecule has 0 amide bonds. The number of hydrogen-bond acceptors (Lipinski definition) is 5. The fourth-order valence-electron chi connectivity index (χ4n) is 3.39. The Balaban J connectivity index is 1.66. The minimum atomic E-state index is -0.0343. The topological polar surface area (TPSA) is 78.8 Å². The number of rotatable bonds is 4. The maximum absolute atomic E-state index is 12.3. The molecule has 0 radical (unpaired) electrons. The minimum absolute atomic E-state index is 0.0343. The van der Waals surface area contributed by atoms with E-state index in [9.17, 15) is 4.79 Å². The van der Waals surface area contributed by atoms with Crippen molar-refractivity contribution in [1.82, 2.24) is 25.1 Å². The average Bonchev–Trinajstić information content (AvgIpc) is 3.05. The Morgan fingerprint density at radius 1 is 1.40 bits per heavy atom. The third-order valence-electron chi connectivity index (χ3n) is 4.77. The van der Waals surface area contributed by atoms with E-state index in [1.165, 1.54) is 11.3 Å². The third kappa shape index (κ3) is 3.92. The molecule has 2 aromatic heterocycles. The van der Waals surface area contributed by atoms with Gasteiger partial charge in [0.2, 0.25) is 0 Å². The smallest absolute Gasteiger partial charge is 0.293 e. The molecule has 2 aromatic rings. The van der Waals surface area contributed by atoms with E-state index in [0.29, 0.717) is 11.9 Å². The van der Waals surface area contributed by atoms with Crippen LogP contribution in [0, 0.1) is 0 Å². The second-order valence-electron chi connectivity index (χ2n) is 7.85. The second kappa shape index (κ2) is 7.00. The van der Waals surface area contributed by atoms with Gasteiger partial charge in [0.05, 0.1) is 6.20 Å². The highest BCUT2D eigenvalue weighted by Gasteiger charge is 2.24. The van der Waals surface area contributed by atoms with E-state index < -0.39 is 0 Å². The molecule has 0 unspecified atom stereocenters. The summed E-state index contributed by atoms with van der Waals surface area (Å²) in [6.07, 6.45) is 7.44. The Hall–Kier alpha value is -2.15. The SMILES string of the molecule is Cn1ccnc(N2CCC[C@@H](NCc3cn[nH]c3C(C)(C)C)C2)c1=O. The van der Waals surface area contributed by atoms with Crippen molar-refractivity contribution in [2.24, 2.45) is 7.05 Å². The standard InChI is InChI=1S/C18H28N6O/c1-18(2,3)15-13(11-21-22-15)10-20-14-6-5-8-24(12-14)16-17(25)23(4)9-7-19-16/h7,9,11,14,20H,5-6,8,10,12H2,1-4H3,(H,21,22)/t14-/m1/s1. The summed E-state index contributed by atoms with van der Waals surface area (Å²) in [5.74, 6) is 0.551. The second-order valence-corrected chi connectivity index (χ2v) is 7.85. The fraction of sp³-hybridized carbons (Fsp3) is 0.611. The molecule has 1 aliphatic rings. The zero-order chi connectivity index (χ0) is 18.0. The summed E-state index contributed by atoms with van der Waals surface area (Å²) < 4.78 is 1.58. The Morgan fingerprint density at radius 2 is 2.20 bits per heavy atom. The summed E-state index contributed by atoms with van der Waals surface area (Å²) in [5, 5.41) is 11.0. The van der Waals surface area contributed by atoms with E-state index in [0.717, 1.165) is 32.5 Å². The Morgan fingerprint density at radius 3 is 2.96 bits per heavy atom. The van der Waals surface area contributed by atoms with Crippen LogP contribution in [0.3, 0.4) is 0 Å².